The maximum absolute atomic E-state index is 10.0. The summed E-state index contributed by atoms with van der Waals surface area (Å²) in [4.78, 5) is 0. The van der Waals surface area contributed by atoms with Crippen molar-refractivity contribution in [2.75, 3.05) is 6.54 Å². The van der Waals surface area contributed by atoms with Crippen LogP contribution in [0.3, 0.4) is 0 Å². The van der Waals surface area contributed by atoms with Crippen LogP contribution >= 0.6 is 0 Å². The highest BCUT2D eigenvalue weighted by Crippen LogP contribution is 2.45. The summed E-state index contributed by atoms with van der Waals surface area (Å²) in [6, 6.07) is 0. The van der Waals surface area contributed by atoms with E-state index in [9.17, 15) is 5.11 Å². The van der Waals surface area contributed by atoms with Crippen LogP contribution < -0.4 is 5.73 Å². The molecule has 1 rings (SSSR count). The van der Waals surface area contributed by atoms with Crippen molar-refractivity contribution in [3.05, 3.63) is 0 Å². The van der Waals surface area contributed by atoms with Crippen LogP contribution in [0.1, 0.15) is 39.5 Å². The molecule has 0 saturated heterocycles. The Morgan fingerprint density at radius 3 is 2.33 bits per heavy atom. The van der Waals surface area contributed by atoms with Crippen LogP contribution in [0.5, 0.6) is 0 Å². The molecule has 0 bridgehead atoms. The molecule has 1 saturated carbocycles. The maximum atomic E-state index is 10.0. The Bertz CT molecular complexity index is 139. The lowest BCUT2D eigenvalue weighted by molar-refractivity contribution is -0.0547. The monoisotopic (exact) mass is 171 g/mol. The maximum Gasteiger partial charge on any atom is 0.0633 e. The quantitative estimate of drug-likeness (QED) is 0.673. The lowest BCUT2D eigenvalue weighted by Crippen LogP contribution is -2.45. The highest BCUT2D eigenvalue weighted by Gasteiger charge is 2.41. The summed E-state index contributed by atoms with van der Waals surface area (Å²) in [5.41, 5.74) is 5.78. The van der Waals surface area contributed by atoms with Crippen molar-refractivity contribution >= 4 is 0 Å². The van der Waals surface area contributed by atoms with Gasteiger partial charge in [0.2, 0.25) is 0 Å². The molecule has 0 aromatic heterocycles. The average Bonchev–Trinajstić information content (AvgIpc) is 2.02. The van der Waals surface area contributed by atoms with Gasteiger partial charge < -0.3 is 10.8 Å². The molecule has 2 heteroatoms. The normalized spacial score (nSPS) is 26.0. The highest BCUT2D eigenvalue weighted by atomic mass is 16.3. The molecule has 1 aliphatic carbocycles. The minimum absolute atomic E-state index is 0.179. The predicted molar refractivity (Wildman–Crippen MR) is 50.8 cm³/mol. The Hall–Kier alpha value is -0.0800. The van der Waals surface area contributed by atoms with Crippen molar-refractivity contribution in [2.24, 2.45) is 17.1 Å². The third kappa shape index (κ3) is 1.64. The summed E-state index contributed by atoms with van der Waals surface area (Å²) >= 11 is 0. The molecule has 0 aromatic rings. The second kappa shape index (κ2) is 3.75. The summed E-state index contributed by atoms with van der Waals surface area (Å²) in [6.07, 6.45) is 4.43. The second-order valence-electron chi connectivity index (χ2n) is 4.36. The van der Waals surface area contributed by atoms with Gasteiger partial charge in [-0.15, -0.1) is 0 Å². The molecule has 0 aliphatic heterocycles. The Balaban J connectivity index is 2.49. The molecular formula is C10H21NO. The zero-order valence-corrected chi connectivity index (χ0v) is 8.21. The van der Waals surface area contributed by atoms with E-state index < -0.39 is 0 Å². The van der Waals surface area contributed by atoms with E-state index in [1.54, 1.807) is 0 Å². The Morgan fingerprint density at radius 1 is 1.50 bits per heavy atom. The summed E-state index contributed by atoms with van der Waals surface area (Å²) < 4.78 is 0. The van der Waals surface area contributed by atoms with E-state index in [-0.39, 0.29) is 11.5 Å². The first-order valence-corrected chi connectivity index (χ1v) is 5.02. The first kappa shape index (κ1) is 10.0. The van der Waals surface area contributed by atoms with Gasteiger partial charge in [-0.3, -0.25) is 0 Å². The molecule has 3 N–H and O–H groups in total. The molecule has 0 radical (unpaired) electrons. The van der Waals surface area contributed by atoms with E-state index in [4.69, 9.17) is 5.73 Å². The lowest BCUT2D eigenvalue weighted by Gasteiger charge is -2.45. The van der Waals surface area contributed by atoms with Crippen LogP contribution in [0.4, 0.5) is 0 Å². The molecule has 2 atom stereocenters. The highest BCUT2D eigenvalue weighted by molar-refractivity contribution is 4.92. The van der Waals surface area contributed by atoms with Gasteiger partial charge in [-0.1, -0.05) is 20.3 Å². The second-order valence-corrected chi connectivity index (χ2v) is 4.36. The zero-order valence-electron chi connectivity index (χ0n) is 8.21. The molecular weight excluding hydrogens is 150 g/mol. The summed E-state index contributed by atoms with van der Waals surface area (Å²) in [7, 11) is 0. The number of hydrogen-bond donors (Lipinski definition) is 2. The van der Waals surface area contributed by atoms with Crippen LogP contribution in [-0.4, -0.2) is 17.8 Å². The van der Waals surface area contributed by atoms with E-state index in [2.05, 4.69) is 13.8 Å². The van der Waals surface area contributed by atoms with Gasteiger partial charge in [0, 0.05) is 0 Å². The third-order valence-corrected chi connectivity index (χ3v) is 3.48. The van der Waals surface area contributed by atoms with E-state index in [1.807, 2.05) is 0 Å². The summed E-state index contributed by atoms with van der Waals surface area (Å²) in [5.74, 6) is 0.301. The fraction of sp³-hybridized carbons (Fsp3) is 1.00. The number of rotatable bonds is 4. The molecule has 1 aliphatic rings. The van der Waals surface area contributed by atoms with Gasteiger partial charge >= 0.3 is 0 Å². The van der Waals surface area contributed by atoms with Crippen molar-refractivity contribution in [3.63, 3.8) is 0 Å². The minimum atomic E-state index is -0.179. The minimum Gasteiger partial charge on any atom is -0.392 e. The van der Waals surface area contributed by atoms with Gasteiger partial charge in [0.15, 0.2) is 0 Å². The van der Waals surface area contributed by atoms with Gasteiger partial charge in [-0.25, -0.2) is 0 Å². The molecule has 2 unspecified atom stereocenters. The van der Waals surface area contributed by atoms with E-state index in [0.717, 1.165) is 6.42 Å². The molecule has 12 heavy (non-hydrogen) atoms. The number of nitrogens with two attached hydrogens (primary N) is 1. The molecule has 0 spiro atoms. The summed E-state index contributed by atoms with van der Waals surface area (Å²) in [6.45, 7) is 4.90. The van der Waals surface area contributed by atoms with Gasteiger partial charge in [0.25, 0.3) is 0 Å². The van der Waals surface area contributed by atoms with Crippen molar-refractivity contribution in [1.29, 1.82) is 0 Å². The van der Waals surface area contributed by atoms with Crippen LogP contribution in [0.2, 0.25) is 0 Å². The Labute approximate surface area is 75.2 Å². The van der Waals surface area contributed by atoms with E-state index >= 15 is 0 Å². The fourth-order valence-electron chi connectivity index (χ4n) is 2.12. The van der Waals surface area contributed by atoms with Crippen LogP contribution in [0.15, 0.2) is 0 Å². The van der Waals surface area contributed by atoms with Crippen molar-refractivity contribution < 1.29 is 5.11 Å². The van der Waals surface area contributed by atoms with Crippen LogP contribution in [0.25, 0.3) is 0 Å². The molecule has 0 aromatic carbocycles. The average molecular weight is 171 g/mol. The van der Waals surface area contributed by atoms with Gasteiger partial charge in [0.05, 0.1) is 6.10 Å². The van der Waals surface area contributed by atoms with Gasteiger partial charge in [0.1, 0.15) is 0 Å². The van der Waals surface area contributed by atoms with Crippen molar-refractivity contribution in [2.45, 2.75) is 45.6 Å². The third-order valence-electron chi connectivity index (χ3n) is 3.48. The fourth-order valence-corrected chi connectivity index (χ4v) is 2.12. The van der Waals surface area contributed by atoms with Gasteiger partial charge in [-0.2, -0.15) is 0 Å². The van der Waals surface area contributed by atoms with Crippen molar-refractivity contribution in [3.8, 4) is 0 Å². The number of hydrogen-bond acceptors (Lipinski definition) is 2. The van der Waals surface area contributed by atoms with Crippen LogP contribution in [-0.2, 0) is 0 Å². The SMILES string of the molecule is CCC(CN)C(O)C1(C)CCC1. The lowest BCUT2D eigenvalue weighted by atomic mass is 9.63. The molecule has 0 heterocycles. The molecule has 2 nitrogen and oxygen atoms in total. The largest absolute Gasteiger partial charge is 0.392 e. The molecule has 72 valence electrons. The van der Waals surface area contributed by atoms with Gasteiger partial charge in [-0.05, 0) is 37.1 Å². The number of aliphatic hydroxyl groups is 1. The standard InChI is InChI=1S/C10H21NO/c1-3-8(7-11)9(12)10(2)5-4-6-10/h8-9,12H,3-7,11H2,1-2H3. The Morgan fingerprint density at radius 2 is 2.08 bits per heavy atom. The topological polar surface area (TPSA) is 46.2 Å². The van der Waals surface area contributed by atoms with E-state index in [0.29, 0.717) is 12.5 Å². The smallest absolute Gasteiger partial charge is 0.0633 e. The Kier molecular flexibility index (Phi) is 3.13. The van der Waals surface area contributed by atoms with Crippen LogP contribution in [0, 0.1) is 11.3 Å². The molecule has 0 amide bonds. The van der Waals surface area contributed by atoms with Crippen molar-refractivity contribution in [1.82, 2.24) is 0 Å². The molecule has 1 fully saturated rings. The zero-order chi connectivity index (χ0) is 9.19. The predicted octanol–water partition coefficient (Wildman–Crippen LogP) is 1.52. The summed E-state index contributed by atoms with van der Waals surface area (Å²) in [5, 5.41) is 10.0. The van der Waals surface area contributed by atoms with E-state index in [1.165, 1.54) is 19.3 Å². The first-order chi connectivity index (χ1) is 5.64. The number of aliphatic hydroxyl groups excluding tert-OH is 1. The first-order valence-electron chi connectivity index (χ1n) is 5.02.